The Balaban J connectivity index is 2.19. The van der Waals surface area contributed by atoms with Crippen molar-refractivity contribution in [3.63, 3.8) is 0 Å². The Bertz CT molecular complexity index is 382. The molecule has 2 rings (SSSR count). The first-order valence-corrected chi connectivity index (χ1v) is 7.29. The lowest BCUT2D eigenvalue weighted by Gasteiger charge is -2.26. The molecule has 0 bridgehead atoms. The zero-order valence-electron chi connectivity index (χ0n) is 8.88. The summed E-state index contributed by atoms with van der Waals surface area (Å²) in [7, 11) is 0. The predicted molar refractivity (Wildman–Crippen MR) is 76.6 cm³/mol. The molecular formula is C12H13BrINO. The monoisotopic (exact) mass is 393 g/mol. The zero-order valence-corrected chi connectivity index (χ0v) is 12.6. The third kappa shape index (κ3) is 2.97. The first-order chi connectivity index (χ1) is 7.66. The average Bonchev–Trinajstić information content (AvgIpc) is 2.28. The zero-order chi connectivity index (χ0) is 11.5. The Morgan fingerprint density at radius 3 is 2.50 bits per heavy atom. The van der Waals surface area contributed by atoms with Gasteiger partial charge in [-0.05, 0) is 60.1 Å². The lowest BCUT2D eigenvalue weighted by Crippen LogP contribution is -2.35. The van der Waals surface area contributed by atoms with Crippen LogP contribution in [0.25, 0.3) is 0 Å². The van der Waals surface area contributed by atoms with E-state index in [0.717, 1.165) is 39.5 Å². The van der Waals surface area contributed by atoms with E-state index in [1.54, 1.807) is 0 Å². The predicted octanol–water partition coefficient (Wildman–Crippen LogP) is 3.68. The van der Waals surface area contributed by atoms with Crippen molar-refractivity contribution in [3.05, 3.63) is 31.8 Å². The Hall–Kier alpha value is -0.100. The molecule has 1 fully saturated rings. The van der Waals surface area contributed by atoms with E-state index in [1.165, 1.54) is 6.42 Å². The second kappa shape index (κ2) is 5.49. The van der Waals surface area contributed by atoms with Gasteiger partial charge in [-0.15, -0.1) is 0 Å². The summed E-state index contributed by atoms with van der Waals surface area (Å²) >= 11 is 5.66. The normalized spacial score (nSPS) is 16.2. The minimum Gasteiger partial charge on any atom is -0.339 e. The van der Waals surface area contributed by atoms with Crippen LogP contribution in [0.2, 0.25) is 0 Å². The maximum absolute atomic E-state index is 12.2. The van der Waals surface area contributed by atoms with Gasteiger partial charge in [-0.1, -0.05) is 15.9 Å². The molecule has 0 spiro atoms. The van der Waals surface area contributed by atoms with Crippen molar-refractivity contribution in [1.82, 2.24) is 4.90 Å². The van der Waals surface area contributed by atoms with Crippen LogP contribution >= 0.6 is 38.5 Å². The Labute approximate surface area is 118 Å². The van der Waals surface area contributed by atoms with E-state index < -0.39 is 0 Å². The van der Waals surface area contributed by atoms with Crippen LogP contribution in [-0.2, 0) is 0 Å². The molecule has 0 atom stereocenters. The summed E-state index contributed by atoms with van der Waals surface area (Å²) in [5, 5.41) is 0. The van der Waals surface area contributed by atoms with E-state index >= 15 is 0 Å². The third-order valence-corrected chi connectivity index (χ3v) is 3.83. The SMILES string of the molecule is O=C(c1cc(Br)cc(I)c1)N1CCCCC1. The summed E-state index contributed by atoms with van der Waals surface area (Å²) in [6, 6.07) is 5.86. The molecule has 1 amide bonds. The first-order valence-electron chi connectivity index (χ1n) is 5.42. The van der Waals surface area contributed by atoms with Gasteiger partial charge in [0.25, 0.3) is 5.91 Å². The average molecular weight is 394 g/mol. The smallest absolute Gasteiger partial charge is 0.253 e. The molecule has 0 saturated carbocycles. The number of carbonyl (C=O) groups excluding carboxylic acids is 1. The number of rotatable bonds is 1. The molecule has 4 heteroatoms. The van der Waals surface area contributed by atoms with Crippen molar-refractivity contribution in [1.29, 1.82) is 0 Å². The molecular weight excluding hydrogens is 381 g/mol. The highest BCUT2D eigenvalue weighted by Crippen LogP contribution is 2.20. The maximum Gasteiger partial charge on any atom is 0.253 e. The quantitative estimate of drug-likeness (QED) is 0.666. The number of benzene rings is 1. The molecule has 1 aromatic carbocycles. The minimum absolute atomic E-state index is 0.166. The Morgan fingerprint density at radius 2 is 1.88 bits per heavy atom. The topological polar surface area (TPSA) is 20.3 Å². The summed E-state index contributed by atoms with van der Waals surface area (Å²) in [6.45, 7) is 1.81. The van der Waals surface area contributed by atoms with Crippen molar-refractivity contribution in [2.24, 2.45) is 0 Å². The number of piperidine rings is 1. The van der Waals surface area contributed by atoms with E-state index in [4.69, 9.17) is 0 Å². The standard InChI is InChI=1S/C12H13BrINO/c13-10-6-9(7-11(14)8-10)12(16)15-4-2-1-3-5-15/h6-8H,1-5H2. The van der Waals surface area contributed by atoms with E-state index in [1.807, 2.05) is 23.1 Å². The highest BCUT2D eigenvalue weighted by molar-refractivity contribution is 14.1. The molecule has 1 saturated heterocycles. The molecule has 0 aliphatic carbocycles. The van der Waals surface area contributed by atoms with Crippen molar-refractivity contribution in [2.75, 3.05) is 13.1 Å². The van der Waals surface area contributed by atoms with Crippen LogP contribution in [0.3, 0.4) is 0 Å². The number of halogens is 2. The van der Waals surface area contributed by atoms with E-state index in [0.29, 0.717) is 0 Å². The van der Waals surface area contributed by atoms with Crippen molar-refractivity contribution >= 4 is 44.4 Å². The van der Waals surface area contributed by atoms with Crippen LogP contribution in [0.1, 0.15) is 29.6 Å². The number of hydrogen-bond acceptors (Lipinski definition) is 1. The van der Waals surface area contributed by atoms with E-state index in [2.05, 4.69) is 38.5 Å². The van der Waals surface area contributed by atoms with Gasteiger partial charge in [0.2, 0.25) is 0 Å². The summed E-state index contributed by atoms with van der Waals surface area (Å²) in [5.74, 6) is 0.166. The molecule has 16 heavy (non-hydrogen) atoms. The minimum atomic E-state index is 0.166. The fourth-order valence-corrected chi connectivity index (χ4v) is 3.55. The van der Waals surface area contributed by atoms with Gasteiger partial charge < -0.3 is 4.90 Å². The van der Waals surface area contributed by atoms with Gasteiger partial charge in [-0.3, -0.25) is 4.79 Å². The number of amides is 1. The summed E-state index contributed by atoms with van der Waals surface area (Å²) in [4.78, 5) is 14.2. The molecule has 1 aliphatic rings. The molecule has 1 aromatic rings. The maximum atomic E-state index is 12.2. The van der Waals surface area contributed by atoms with Gasteiger partial charge in [0.05, 0.1) is 0 Å². The second-order valence-electron chi connectivity index (χ2n) is 4.01. The third-order valence-electron chi connectivity index (χ3n) is 2.75. The molecule has 1 aliphatic heterocycles. The molecule has 0 unspecified atom stereocenters. The van der Waals surface area contributed by atoms with Crippen LogP contribution in [0.15, 0.2) is 22.7 Å². The molecule has 0 N–H and O–H groups in total. The molecule has 0 radical (unpaired) electrons. The number of hydrogen-bond donors (Lipinski definition) is 0. The Kier molecular flexibility index (Phi) is 4.24. The van der Waals surface area contributed by atoms with Crippen LogP contribution in [-0.4, -0.2) is 23.9 Å². The van der Waals surface area contributed by atoms with Crippen molar-refractivity contribution in [3.8, 4) is 0 Å². The fraction of sp³-hybridized carbons (Fsp3) is 0.417. The number of likely N-dealkylation sites (tertiary alicyclic amines) is 1. The number of nitrogens with zero attached hydrogens (tertiary/aromatic N) is 1. The fourth-order valence-electron chi connectivity index (χ4n) is 1.96. The van der Waals surface area contributed by atoms with Gasteiger partial charge in [0.15, 0.2) is 0 Å². The van der Waals surface area contributed by atoms with Crippen molar-refractivity contribution in [2.45, 2.75) is 19.3 Å². The van der Waals surface area contributed by atoms with Gasteiger partial charge >= 0.3 is 0 Å². The Morgan fingerprint density at radius 1 is 1.19 bits per heavy atom. The molecule has 1 heterocycles. The van der Waals surface area contributed by atoms with Crippen LogP contribution < -0.4 is 0 Å². The van der Waals surface area contributed by atoms with E-state index in [-0.39, 0.29) is 5.91 Å². The first kappa shape index (κ1) is 12.4. The largest absolute Gasteiger partial charge is 0.339 e. The lowest BCUT2D eigenvalue weighted by molar-refractivity contribution is 0.0724. The highest BCUT2D eigenvalue weighted by atomic mass is 127. The van der Waals surface area contributed by atoms with Crippen LogP contribution in [0.5, 0.6) is 0 Å². The lowest BCUT2D eigenvalue weighted by atomic mass is 10.1. The summed E-state index contributed by atoms with van der Waals surface area (Å²) in [6.07, 6.45) is 3.52. The van der Waals surface area contributed by atoms with Crippen LogP contribution in [0, 0.1) is 3.57 Å². The summed E-state index contributed by atoms with van der Waals surface area (Å²) in [5.41, 5.74) is 0.792. The van der Waals surface area contributed by atoms with E-state index in [9.17, 15) is 4.79 Å². The molecule has 2 nitrogen and oxygen atoms in total. The van der Waals surface area contributed by atoms with Gasteiger partial charge in [0, 0.05) is 26.7 Å². The second-order valence-corrected chi connectivity index (χ2v) is 6.17. The molecule has 86 valence electrons. The van der Waals surface area contributed by atoms with Gasteiger partial charge in [0.1, 0.15) is 0 Å². The molecule has 0 aromatic heterocycles. The van der Waals surface area contributed by atoms with Gasteiger partial charge in [-0.2, -0.15) is 0 Å². The summed E-state index contributed by atoms with van der Waals surface area (Å²) < 4.78 is 2.06. The van der Waals surface area contributed by atoms with Crippen LogP contribution in [0.4, 0.5) is 0 Å². The highest BCUT2D eigenvalue weighted by Gasteiger charge is 2.18. The van der Waals surface area contributed by atoms with Crippen molar-refractivity contribution < 1.29 is 4.79 Å². The van der Waals surface area contributed by atoms with Gasteiger partial charge in [-0.25, -0.2) is 0 Å². The number of carbonyl (C=O) groups is 1.